The molecule has 0 bridgehead atoms. The Labute approximate surface area is 135 Å². The van der Waals surface area contributed by atoms with E-state index in [2.05, 4.69) is 32.7 Å². The second-order valence-corrected chi connectivity index (χ2v) is 6.47. The second kappa shape index (κ2) is 7.85. The molecule has 0 radical (unpaired) electrons. The van der Waals surface area contributed by atoms with Gasteiger partial charge in [-0.1, -0.05) is 18.7 Å². The quantitative estimate of drug-likeness (QED) is 0.307. The first kappa shape index (κ1) is 20.0. The molecule has 0 aromatic carbocycles. The number of hydrogen-bond donors (Lipinski definition) is 2. The van der Waals surface area contributed by atoms with Gasteiger partial charge < -0.3 is 9.84 Å². The molecule has 0 saturated heterocycles. The Morgan fingerprint density at radius 3 is 2.24 bits per heavy atom. The van der Waals surface area contributed by atoms with Crippen LogP contribution in [0.3, 0.4) is 0 Å². The normalized spacial score (nSPS) is 19.3. The Morgan fingerprint density at radius 2 is 1.90 bits per heavy atom. The standard InChI is InChI=1S/C17H29NO2S/c1-9-11-18(7)17(6,15(4)19)16(5,10-12-20-8)13(2)14(3)21/h9,11H,1,4,10,12H2,2-3,5-8H3,(H-,19,21)/p+1/b14-13-,18-11+. The van der Waals surface area contributed by atoms with Crippen molar-refractivity contribution in [1.82, 2.24) is 0 Å². The molecule has 0 fully saturated rings. The van der Waals surface area contributed by atoms with Gasteiger partial charge in [-0.05, 0) is 38.2 Å². The summed E-state index contributed by atoms with van der Waals surface area (Å²) in [4.78, 5) is 0.938. The van der Waals surface area contributed by atoms with E-state index >= 15 is 0 Å². The molecule has 2 atom stereocenters. The highest BCUT2D eigenvalue weighted by molar-refractivity contribution is 7.84. The van der Waals surface area contributed by atoms with Crippen molar-refractivity contribution in [1.29, 1.82) is 0 Å². The van der Waals surface area contributed by atoms with Gasteiger partial charge in [0.2, 0.25) is 5.54 Å². The van der Waals surface area contributed by atoms with Crippen molar-refractivity contribution >= 4 is 18.8 Å². The van der Waals surface area contributed by atoms with Crippen LogP contribution in [0.2, 0.25) is 0 Å². The third-order valence-corrected chi connectivity index (χ3v) is 5.18. The molecule has 0 aliphatic heterocycles. The summed E-state index contributed by atoms with van der Waals surface area (Å²) in [7, 11) is 3.59. The van der Waals surface area contributed by atoms with Crippen LogP contribution < -0.4 is 0 Å². The average molecular weight is 312 g/mol. The summed E-state index contributed by atoms with van der Waals surface area (Å²) >= 11 is 4.51. The van der Waals surface area contributed by atoms with Gasteiger partial charge in [0.15, 0.2) is 12.0 Å². The minimum Gasteiger partial charge on any atom is -0.506 e. The van der Waals surface area contributed by atoms with E-state index in [1.807, 2.05) is 38.6 Å². The molecule has 1 N–H and O–H groups in total. The molecule has 0 amide bonds. The van der Waals surface area contributed by atoms with Crippen molar-refractivity contribution in [3.63, 3.8) is 0 Å². The SMILES string of the molecule is C=C/C=[N+](\C)C(C)(C(=C)O)C(C)(CCOC)/C(C)=C(/C)S. The van der Waals surface area contributed by atoms with Gasteiger partial charge in [0.1, 0.15) is 7.05 Å². The molecule has 0 saturated carbocycles. The Hall–Kier alpha value is -1.00. The van der Waals surface area contributed by atoms with E-state index in [9.17, 15) is 5.11 Å². The van der Waals surface area contributed by atoms with Gasteiger partial charge in [-0.2, -0.15) is 0 Å². The summed E-state index contributed by atoms with van der Waals surface area (Å²) < 4.78 is 7.22. The van der Waals surface area contributed by atoms with Crippen LogP contribution in [0.15, 0.2) is 35.5 Å². The molecule has 0 aromatic heterocycles. The predicted octanol–water partition coefficient (Wildman–Crippen LogP) is 3.98. The summed E-state index contributed by atoms with van der Waals surface area (Å²) in [5.41, 5.74) is 0.00724. The summed E-state index contributed by atoms with van der Waals surface area (Å²) in [5, 5.41) is 10.4. The van der Waals surface area contributed by atoms with Crippen molar-refractivity contribution in [3.8, 4) is 0 Å². The molecule has 120 valence electrons. The summed E-state index contributed by atoms with van der Waals surface area (Å²) in [6, 6.07) is 0. The van der Waals surface area contributed by atoms with Crippen molar-refractivity contribution in [2.75, 3.05) is 20.8 Å². The van der Waals surface area contributed by atoms with Crippen LogP contribution in [0, 0.1) is 5.41 Å². The number of aliphatic hydroxyl groups excluding tert-OH is 1. The van der Waals surface area contributed by atoms with Gasteiger partial charge in [0.05, 0.1) is 5.41 Å². The van der Waals surface area contributed by atoms with Gasteiger partial charge in [-0.25, -0.2) is 4.58 Å². The van der Waals surface area contributed by atoms with E-state index in [0.29, 0.717) is 6.61 Å². The van der Waals surface area contributed by atoms with Gasteiger partial charge in [0, 0.05) is 20.6 Å². The van der Waals surface area contributed by atoms with Crippen LogP contribution in [-0.4, -0.2) is 42.2 Å². The first-order chi connectivity index (χ1) is 9.59. The summed E-state index contributed by atoms with van der Waals surface area (Å²) in [5.74, 6) is 0.107. The maximum absolute atomic E-state index is 10.4. The van der Waals surface area contributed by atoms with Crippen molar-refractivity contribution in [2.24, 2.45) is 5.41 Å². The van der Waals surface area contributed by atoms with E-state index in [0.717, 1.165) is 16.9 Å². The fourth-order valence-electron chi connectivity index (χ4n) is 2.72. The zero-order chi connectivity index (χ0) is 16.8. The zero-order valence-electron chi connectivity index (χ0n) is 14.2. The number of ether oxygens (including phenoxy) is 1. The summed E-state index contributed by atoms with van der Waals surface area (Å²) in [6.07, 6.45) is 4.27. The van der Waals surface area contributed by atoms with Gasteiger partial charge in [-0.3, -0.25) is 0 Å². The topological polar surface area (TPSA) is 32.5 Å². The van der Waals surface area contributed by atoms with Crippen molar-refractivity contribution < 1.29 is 14.4 Å². The van der Waals surface area contributed by atoms with Gasteiger partial charge >= 0.3 is 0 Å². The molecule has 0 spiro atoms. The molecule has 0 aliphatic rings. The Morgan fingerprint density at radius 1 is 1.38 bits per heavy atom. The van der Waals surface area contributed by atoms with E-state index < -0.39 is 11.0 Å². The number of allylic oxidation sites excluding steroid dienone is 2. The molecule has 3 nitrogen and oxygen atoms in total. The molecular formula is C17H30NO2S+. The fourth-order valence-corrected chi connectivity index (χ4v) is 2.97. The third-order valence-electron chi connectivity index (χ3n) is 4.85. The lowest BCUT2D eigenvalue weighted by Crippen LogP contribution is -2.54. The van der Waals surface area contributed by atoms with E-state index in [1.54, 1.807) is 13.2 Å². The largest absolute Gasteiger partial charge is 0.506 e. The number of thiol groups is 1. The first-order valence-corrected chi connectivity index (χ1v) is 7.47. The van der Waals surface area contributed by atoms with Crippen molar-refractivity contribution in [3.05, 3.63) is 35.5 Å². The lowest BCUT2D eigenvalue weighted by Gasteiger charge is -2.43. The lowest BCUT2D eigenvalue weighted by molar-refractivity contribution is -0.586. The predicted molar refractivity (Wildman–Crippen MR) is 94.6 cm³/mol. The second-order valence-electron chi connectivity index (χ2n) is 5.80. The van der Waals surface area contributed by atoms with Crippen molar-refractivity contribution in [2.45, 2.75) is 39.7 Å². The average Bonchev–Trinajstić information content (AvgIpc) is 2.42. The van der Waals surface area contributed by atoms with E-state index in [4.69, 9.17) is 4.74 Å². The molecule has 21 heavy (non-hydrogen) atoms. The number of aliphatic hydroxyl groups is 1. The lowest BCUT2D eigenvalue weighted by atomic mass is 9.64. The molecule has 2 unspecified atom stereocenters. The highest BCUT2D eigenvalue weighted by atomic mass is 32.1. The molecular weight excluding hydrogens is 282 g/mol. The summed E-state index contributed by atoms with van der Waals surface area (Å²) in [6.45, 7) is 16.2. The number of likely N-dealkylation sites (N-methyl/N-ethyl adjacent to an activating group) is 1. The number of rotatable bonds is 8. The van der Waals surface area contributed by atoms with E-state index in [-0.39, 0.29) is 5.76 Å². The van der Waals surface area contributed by atoms with Gasteiger partial charge in [-0.15, -0.1) is 12.6 Å². The molecule has 0 rings (SSSR count). The van der Waals surface area contributed by atoms with E-state index in [1.165, 1.54) is 0 Å². The van der Waals surface area contributed by atoms with Crippen LogP contribution in [0.5, 0.6) is 0 Å². The Balaban J connectivity index is 6.32. The smallest absolute Gasteiger partial charge is 0.224 e. The number of nitrogens with zero attached hydrogens (tertiary/aromatic N) is 1. The fraction of sp³-hybridized carbons (Fsp3) is 0.588. The Kier molecular flexibility index (Phi) is 7.48. The monoisotopic (exact) mass is 312 g/mol. The molecule has 4 heteroatoms. The Bertz CT molecular complexity index is 463. The van der Waals surface area contributed by atoms with Crippen LogP contribution in [-0.2, 0) is 4.74 Å². The zero-order valence-corrected chi connectivity index (χ0v) is 15.1. The van der Waals surface area contributed by atoms with Crippen LogP contribution in [0.4, 0.5) is 0 Å². The molecule has 0 aromatic rings. The third kappa shape index (κ3) is 3.80. The number of hydrogen-bond acceptors (Lipinski definition) is 3. The minimum atomic E-state index is -0.701. The highest BCUT2D eigenvalue weighted by Crippen LogP contribution is 2.47. The van der Waals surface area contributed by atoms with Crippen LogP contribution in [0.1, 0.15) is 34.1 Å². The first-order valence-electron chi connectivity index (χ1n) is 7.02. The molecule has 0 aliphatic carbocycles. The number of methoxy groups -OCH3 is 1. The van der Waals surface area contributed by atoms with Gasteiger partial charge in [0.25, 0.3) is 0 Å². The minimum absolute atomic E-state index is 0.107. The maximum atomic E-state index is 10.4. The molecule has 0 heterocycles. The van der Waals surface area contributed by atoms with Crippen LogP contribution in [0.25, 0.3) is 0 Å². The highest BCUT2D eigenvalue weighted by Gasteiger charge is 2.55. The van der Waals surface area contributed by atoms with Crippen LogP contribution >= 0.6 is 12.6 Å². The maximum Gasteiger partial charge on any atom is 0.224 e.